The number of hydrogen-bond donors (Lipinski definition) is 2. The zero-order valence-electron chi connectivity index (χ0n) is 8.18. The summed E-state index contributed by atoms with van der Waals surface area (Å²) in [6, 6.07) is 7.74. The first-order valence-corrected chi connectivity index (χ1v) is 4.46. The van der Waals surface area contributed by atoms with E-state index in [9.17, 15) is 0 Å². The molecule has 1 aromatic heterocycles. The highest BCUT2D eigenvalue weighted by atomic mass is 16.5. The molecule has 2 N–H and O–H groups in total. The van der Waals surface area contributed by atoms with Crippen molar-refractivity contribution in [3.63, 3.8) is 0 Å². The molecule has 5 nitrogen and oxygen atoms in total. The minimum atomic E-state index is 0.300. The molecule has 0 fully saturated rings. The summed E-state index contributed by atoms with van der Waals surface area (Å²) in [4.78, 5) is 3.86. The Balaban J connectivity index is 2.49. The Bertz CT molecular complexity index is 455. The summed E-state index contributed by atoms with van der Waals surface area (Å²) in [5.74, 6) is 0.300. The van der Waals surface area contributed by atoms with Crippen molar-refractivity contribution in [1.29, 1.82) is 0 Å². The van der Waals surface area contributed by atoms with Crippen molar-refractivity contribution in [2.75, 3.05) is 5.48 Å². The van der Waals surface area contributed by atoms with Gasteiger partial charge in [-0.3, -0.25) is 10.7 Å². The fourth-order valence-electron chi connectivity index (χ4n) is 1.26. The van der Waals surface area contributed by atoms with E-state index in [1.54, 1.807) is 0 Å². The lowest BCUT2D eigenvalue weighted by Gasteiger charge is -2.04. The lowest BCUT2D eigenvalue weighted by atomic mass is 10.1. The van der Waals surface area contributed by atoms with Gasteiger partial charge in [0.1, 0.15) is 12.0 Å². The summed E-state index contributed by atoms with van der Waals surface area (Å²) in [6.07, 6.45) is 1.27. The molecule has 0 bridgehead atoms. The zero-order valence-corrected chi connectivity index (χ0v) is 8.18. The van der Waals surface area contributed by atoms with E-state index in [1.807, 2.05) is 36.7 Å². The van der Waals surface area contributed by atoms with E-state index >= 15 is 0 Å². The molecule has 0 amide bonds. The maximum absolute atomic E-state index is 8.85. The molecule has 2 aromatic rings. The predicted molar refractivity (Wildman–Crippen MR) is 55.4 cm³/mol. The molecule has 76 valence electrons. The maximum atomic E-state index is 8.85. The third-order valence-electron chi connectivity index (χ3n) is 2.05. The topological polar surface area (TPSA) is 70.9 Å². The number of rotatable bonds is 2. The van der Waals surface area contributed by atoms with Crippen molar-refractivity contribution in [2.24, 2.45) is 0 Å². The van der Waals surface area contributed by atoms with Crippen LogP contribution >= 0.6 is 0 Å². The first kappa shape index (κ1) is 9.54. The summed E-state index contributed by atoms with van der Waals surface area (Å²) in [5, 5.41) is 16.4. The molecule has 5 heteroatoms. The van der Waals surface area contributed by atoms with Gasteiger partial charge in [-0.2, -0.15) is 0 Å². The molecule has 1 aromatic carbocycles. The molecular formula is C10H10N4O. The van der Waals surface area contributed by atoms with E-state index in [4.69, 9.17) is 5.21 Å². The fourth-order valence-corrected chi connectivity index (χ4v) is 1.26. The average molecular weight is 203 g/mol. The Morgan fingerprint density at radius 2 is 1.93 bits per heavy atom. The molecule has 15 heavy (non-hydrogen) atoms. The van der Waals surface area contributed by atoms with E-state index < -0.39 is 0 Å². The van der Waals surface area contributed by atoms with Gasteiger partial charge in [-0.05, 0) is 6.92 Å². The Hall–Kier alpha value is -2.01. The second-order valence-corrected chi connectivity index (χ2v) is 3.14. The standard InChI is InChI=1S/C10H10N4O/c1-7-2-4-8(5-3-7)9-10(14-15)11-6-12-13-9/h2-6,15H,1H3,(H,11,12,14)/i11+1. The van der Waals surface area contributed by atoms with Crippen LogP contribution in [-0.4, -0.2) is 20.4 Å². The zero-order chi connectivity index (χ0) is 10.7. The molecular weight excluding hydrogens is 193 g/mol. The quantitative estimate of drug-likeness (QED) is 0.726. The van der Waals surface area contributed by atoms with Gasteiger partial charge in [0.25, 0.3) is 0 Å². The normalized spacial score (nSPS) is 10.0. The molecule has 0 saturated carbocycles. The van der Waals surface area contributed by atoms with Crippen molar-refractivity contribution >= 4 is 5.82 Å². The maximum Gasteiger partial charge on any atom is 0.179 e. The van der Waals surface area contributed by atoms with Gasteiger partial charge in [-0.25, -0.2) is 4.98 Å². The van der Waals surface area contributed by atoms with Gasteiger partial charge in [0, 0.05) is 5.56 Å². The summed E-state index contributed by atoms with van der Waals surface area (Å²) in [5.41, 5.74) is 4.54. The third-order valence-corrected chi connectivity index (χ3v) is 2.05. The van der Waals surface area contributed by atoms with E-state index in [0.29, 0.717) is 11.5 Å². The molecule has 0 atom stereocenters. The lowest BCUT2D eigenvalue weighted by Crippen LogP contribution is -1.99. The van der Waals surface area contributed by atoms with Gasteiger partial charge >= 0.3 is 0 Å². The van der Waals surface area contributed by atoms with Crippen LogP contribution in [0.25, 0.3) is 11.3 Å². The Morgan fingerprint density at radius 1 is 1.20 bits per heavy atom. The highest BCUT2D eigenvalue weighted by Crippen LogP contribution is 2.22. The molecule has 0 radical (unpaired) electrons. The van der Waals surface area contributed by atoms with E-state index in [-0.39, 0.29) is 0 Å². The predicted octanol–water partition coefficient (Wildman–Crippen LogP) is 1.65. The fraction of sp³-hybridized carbons (Fsp3) is 0.100. The highest BCUT2D eigenvalue weighted by Gasteiger charge is 2.06. The van der Waals surface area contributed by atoms with Gasteiger partial charge in [0.05, 0.1) is 0 Å². The van der Waals surface area contributed by atoms with Gasteiger partial charge in [-0.15, -0.1) is 10.2 Å². The Morgan fingerprint density at radius 3 is 2.60 bits per heavy atom. The number of hydrogen-bond acceptors (Lipinski definition) is 5. The first-order valence-electron chi connectivity index (χ1n) is 4.46. The van der Waals surface area contributed by atoms with Crippen LogP contribution in [-0.2, 0) is 0 Å². The molecule has 0 spiro atoms. The second-order valence-electron chi connectivity index (χ2n) is 3.14. The lowest BCUT2D eigenvalue weighted by molar-refractivity contribution is 0.385. The van der Waals surface area contributed by atoms with Crippen molar-refractivity contribution in [3.8, 4) is 11.3 Å². The van der Waals surface area contributed by atoms with Crippen molar-refractivity contribution in [1.82, 2.24) is 15.2 Å². The minimum Gasteiger partial charge on any atom is -0.290 e. The van der Waals surface area contributed by atoms with Gasteiger partial charge in [0.15, 0.2) is 5.82 Å². The van der Waals surface area contributed by atoms with Crippen LogP contribution in [0.1, 0.15) is 5.56 Å². The number of nitrogens with zero attached hydrogens (tertiary/aromatic N) is 3. The SMILES string of the molecule is Cc1ccc(-c2nnc[15n]c2NO)cc1. The van der Waals surface area contributed by atoms with E-state index in [0.717, 1.165) is 11.1 Å². The average Bonchev–Trinajstić information content (AvgIpc) is 2.30. The molecule has 0 unspecified atom stereocenters. The van der Waals surface area contributed by atoms with Crippen LogP contribution in [0.4, 0.5) is 5.82 Å². The van der Waals surface area contributed by atoms with E-state index in [1.165, 1.54) is 6.33 Å². The van der Waals surface area contributed by atoms with Gasteiger partial charge < -0.3 is 0 Å². The molecule has 1 heterocycles. The van der Waals surface area contributed by atoms with Crippen LogP contribution in [0.15, 0.2) is 30.6 Å². The number of aryl methyl sites for hydroxylation is 1. The number of aromatic nitrogens is 3. The minimum absolute atomic E-state index is 0.300. The summed E-state index contributed by atoms with van der Waals surface area (Å²) >= 11 is 0. The summed E-state index contributed by atoms with van der Waals surface area (Å²) in [7, 11) is 0. The van der Waals surface area contributed by atoms with E-state index in [2.05, 4.69) is 15.2 Å². The second kappa shape index (κ2) is 4.02. The van der Waals surface area contributed by atoms with Gasteiger partial charge in [0.2, 0.25) is 0 Å². The summed E-state index contributed by atoms with van der Waals surface area (Å²) < 4.78 is 0. The van der Waals surface area contributed by atoms with Crippen molar-refractivity contribution < 1.29 is 5.21 Å². The monoisotopic (exact) mass is 203 g/mol. The molecule has 2 rings (SSSR count). The number of nitrogens with one attached hydrogen (secondary N) is 1. The number of anilines is 1. The number of benzene rings is 1. The first-order chi connectivity index (χ1) is 7.31. The molecule has 0 aliphatic carbocycles. The van der Waals surface area contributed by atoms with Crippen LogP contribution < -0.4 is 5.48 Å². The van der Waals surface area contributed by atoms with Crippen LogP contribution in [0.2, 0.25) is 0 Å². The van der Waals surface area contributed by atoms with Crippen molar-refractivity contribution in [2.45, 2.75) is 6.92 Å². The highest BCUT2D eigenvalue weighted by molar-refractivity contribution is 5.69. The summed E-state index contributed by atoms with van der Waals surface area (Å²) in [6.45, 7) is 2.00. The van der Waals surface area contributed by atoms with Crippen LogP contribution in [0.3, 0.4) is 0 Å². The molecule has 0 aliphatic rings. The van der Waals surface area contributed by atoms with Crippen LogP contribution in [0, 0.1) is 6.92 Å². The third kappa shape index (κ3) is 1.92. The largest absolute Gasteiger partial charge is 0.290 e. The van der Waals surface area contributed by atoms with Crippen molar-refractivity contribution in [3.05, 3.63) is 36.2 Å². The molecule has 0 saturated heterocycles. The van der Waals surface area contributed by atoms with Crippen LogP contribution in [0.5, 0.6) is 0 Å². The Kier molecular flexibility index (Phi) is 2.55. The molecule has 0 aliphatic heterocycles. The Labute approximate surface area is 86.8 Å². The van der Waals surface area contributed by atoms with Gasteiger partial charge in [-0.1, -0.05) is 29.8 Å². The smallest absolute Gasteiger partial charge is 0.179 e.